The van der Waals surface area contributed by atoms with Crippen molar-refractivity contribution in [3.63, 3.8) is 0 Å². The van der Waals surface area contributed by atoms with E-state index in [4.69, 9.17) is 9.47 Å². The van der Waals surface area contributed by atoms with E-state index in [1.54, 1.807) is 19.1 Å². The highest BCUT2D eigenvalue weighted by molar-refractivity contribution is 7.90. The van der Waals surface area contributed by atoms with Gasteiger partial charge in [0.05, 0.1) is 17.1 Å². The molecule has 0 bridgehead atoms. The third-order valence-corrected chi connectivity index (χ3v) is 5.06. The average Bonchev–Trinajstić information content (AvgIpc) is 2.65. The molecule has 0 saturated carbocycles. The molecule has 0 unspecified atom stereocenters. The topological polar surface area (TPSA) is 130 Å². The van der Waals surface area contributed by atoms with E-state index in [1.807, 2.05) is 0 Å². The van der Waals surface area contributed by atoms with Crippen molar-refractivity contribution in [1.82, 2.24) is 0 Å². The summed E-state index contributed by atoms with van der Waals surface area (Å²) in [5, 5.41) is 11.2. The lowest BCUT2D eigenvalue weighted by molar-refractivity contribution is -0.387. The molecule has 2 aromatic carbocycles. The number of ketones is 1. The van der Waals surface area contributed by atoms with Crippen LogP contribution in [0.1, 0.15) is 40.1 Å². The summed E-state index contributed by atoms with van der Waals surface area (Å²) in [7, 11) is -3.84. The predicted octanol–water partition coefficient (Wildman–Crippen LogP) is 2.96. The summed E-state index contributed by atoms with van der Waals surface area (Å²) in [5.41, 5.74) is -0.0249. The van der Waals surface area contributed by atoms with Crippen molar-refractivity contribution < 1.29 is 32.4 Å². The lowest BCUT2D eigenvalue weighted by atomic mass is 10.1. The van der Waals surface area contributed by atoms with Gasteiger partial charge >= 0.3 is 5.97 Å². The second kappa shape index (κ2) is 8.82. The Hall–Kier alpha value is -3.27. The van der Waals surface area contributed by atoms with E-state index in [9.17, 15) is 28.1 Å². The van der Waals surface area contributed by atoms with E-state index < -0.39 is 31.3 Å². The van der Waals surface area contributed by atoms with Crippen LogP contribution in [0.2, 0.25) is 0 Å². The predicted molar refractivity (Wildman–Crippen MR) is 103 cm³/mol. The first-order valence-electron chi connectivity index (χ1n) is 8.47. The third-order valence-electron chi connectivity index (χ3n) is 3.92. The second-order valence-electron chi connectivity index (χ2n) is 6.10. The summed E-state index contributed by atoms with van der Waals surface area (Å²) in [4.78, 5) is 33.7. The maximum Gasteiger partial charge on any atom is 0.338 e. The molecule has 2 aromatic rings. The van der Waals surface area contributed by atoms with Crippen molar-refractivity contribution in [3.05, 3.63) is 63.2 Å². The van der Waals surface area contributed by atoms with Crippen molar-refractivity contribution >= 4 is 27.3 Å². The van der Waals surface area contributed by atoms with E-state index >= 15 is 0 Å². The van der Waals surface area contributed by atoms with Gasteiger partial charge in [0.1, 0.15) is 17.3 Å². The van der Waals surface area contributed by atoms with Gasteiger partial charge in [0, 0.05) is 23.4 Å². The molecule has 0 aliphatic rings. The number of ether oxygens (including phenoxy) is 2. The fraction of sp³-hybridized carbons (Fsp3) is 0.263. The molecule has 0 aliphatic heterocycles. The minimum Gasteiger partial charge on any atom is -0.493 e. The van der Waals surface area contributed by atoms with E-state index in [0.29, 0.717) is 23.5 Å². The van der Waals surface area contributed by atoms with Crippen molar-refractivity contribution in [1.29, 1.82) is 0 Å². The van der Waals surface area contributed by atoms with Crippen LogP contribution in [0.3, 0.4) is 0 Å². The SMILES string of the molecule is CCOc1ccc(C(C)=O)cc1COC(=O)c1ccc(S(C)(=O)=O)c([N+](=O)[O-])c1. The monoisotopic (exact) mass is 421 g/mol. The molecule has 29 heavy (non-hydrogen) atoms. The normalized spacial score (nSPS) is 11.0. The first kappa shape index (κ1) is 22.0. The standard InChI is InChI=1S/C19H19NO8S/c1-4-27-17-7-5-13(12(2)21)9-15(17)11-28-19(22)14-6-8-18(29(3,25)26)16(10-14)20(23)24/h5-10H,4,11H2,1-3H3. The summed E-state index contributed by atoms with van der Waals surface area (Å²) in [6.45, 7) is 3.29. The molecular formula is C19H19NO8S. The molecule has 10 heteroatoms. The van der Waals surface area contributed by atoms with Crippen molar-refractivity contribution in [2.75, 3.05) is 12.9 Å². The lowest BCUT2D eigenvalue weighted by Gasteiger charge is -2.12. The summed E-state index contributed by atoms with van der Waals surface area (Å²) < 4.78 is 34.0. The van der Waals surface area contributed by atoms with Gasteiger partial charge in [0.25, 0.3) is 5.69 Å². The number of nitro groups is 1. The quantitative estimate of drug-likeness (QED) is 0.275. The molecule has 0 spiro atoms. The van der Waals surface area contributed by atoms with Crippen molar-refractivity contribution in [2.45, 2.75) is 25.3 Å². The van der Waals surface area contributed by atoms with Crippen LogP contribution in [-0.4, -0.2) is 38.0 Å². The zero-order chi connectivity index (χ0) is 21.8. The van der Waals surface area contributed by atoms with Crippen LogP contribution in [0, 0.1) is 10.1 Å². The number of rotatable bonds is 8. The molecule has 2 rings (SSSR count). The van der Waals surface area contributed by atoms with Crippen LogP contribution < -0.4 is 4.74 Å². The van der Waals surface area contributed by atoms with Crippen LogP contribution >= 0.6 is 0 Å². The van der Waals surface area contributed by atoms with Crippen molar-refractivity contribution in [3.8, 4) is 5.75 Å². The Morgan fingerprint density at radius 2 is 1.76 bits per heavy atom. The number of carbonyl (C=O) groups excluding carboxylic acids is 2. The maximum atomic E-state index is 12.3. The number of hydrogen-bond acceptors (Lipinski definition) is 8. The highest BCUT2D eigenvalue weighted by atomic mass is 32.2. The molecule has 0 heterocycles. The number of benzene rings is 2. The fourth-order valence-corrected chi connectivity index (χ4v) is 3.36. The van der Waals surface area contributed by atoms with E-state index in [1.165, 1.54) is 13.0 Å². The molecule has 154 valence electrons. The lowest BCUT2D eigenvalue weighted by Crippen LogP contribution is -2.09. The highest BCUT2D eigenvalue weighted by Gasteiger charge is 2.24. The van der Waals surface area contributed by atoms with Gasteiger partial charge in [-0.1, -0.05) is 0 Å². The van der Waals surface area contributed by atoms with Crippen LogP contribution in [0.4, 0.5) is 5.69 Å². The Morgan fingerprint density at radius 3 is 2.31 bits per heavy atom. The second-order valence-corrected chi connectivity index (χ2v) is 8.08. The molecule has 0 radical (unpaired) electrons. The summed E-state index contributed by atoms with van der Waals surface area (Å²) in [6, 6.07) is 7.71. The van der Waals surface area contributed by atoms with Gasteiger partial charge in [0.2, 0.25) is 0 Å². The molecule has 0 fully saturated rings. The van der Waals surface area contributed by atoms with Crippen LogP contribution in [-0.2, 0) is 21.2 Å². The Labute approximate surface area is 167 Å². The molecule has 0 atom stereocenters. The van der Waals surface area contributed by atoms with Crippen LogP contribution in [0.15, 0.2) is 41.3 Å². The number of sulfone groups is 1. The summed E-state index contributed by atoms with van der Waals surface area (Å²) in [6.07, 6.45) is 0.838. The number of esters is 1. The summed E-state index contributed by atoms with van der Waals surface area (Å²) in [5.74, 6) is -0.625. The number of Topliss-reactive ketones (excluding diaryl/α,β-unsaturated/α-hetero) is 1. The van der Waals surface area contributed by atoms with E-state index in [0.717, 1.165) is 24.5 Å². The first-order chi connectivity index (χ1) is 13.5. The smallest absolute Gasteiger partial charge is 0.338 e. The zero-order valence-electron chi connectivity index (χ0n) is 16.0. The Balaban J connectivity index is 2.30. The van der Waals surface area contributed by atoms with Crippen LogP contribution in [0.5, 0.6) is 5.75 Å². The largest absolute Gasteiger partial charge is 0.493 e. The molecule has 0 amide bonds. The number of nitrogens with zero attached hydrogens (tertiary/aromatic N) is 1. The van der Waals surface area contributed by atoms with Crippen LogP contribution in [0.25, 0.3) is 0 Å². The highest BCUT2D eigenvalue weighted by Crippen LogP contribution is 2.26. The van der Waals surface area contributed by atoms with Gasteiger partial charge in [0.15, 0.2) is 15.6 Å². The van der Waals surface area contributed by atoms with E-state index in [2.05, 4.69) is 0 Å². The Morgan fingerprint density at radius 1 is 1.10 bits per heavy atom. The van der Waals surface area contributed by atoms with Gasteiger partial charge in [-0.15, -0.1) is 0 Å². The van der Waals surface area contributed by atoms with Gasteiger partial charge in [-0.25, -0.2) is 13.2 Å². The fourth-order valence-electron chi connectivity index (χ4n) is 2.53. The number of nitro benzene ring substituents is 1. The number of carbonyl (C=O) groups is 2. The minimum absolute atomic E-state index is 0.174. The molecule has 0 N–H and O–H groups in total. The molecular weight excluding hydrogens is 402 g/mol. The molecule has 0 aliphatic carbocycles. The zero-order valence-corrected chi connectivity index (χ0v) is 16.8. The Kier molecular flexibility index (Phi) is 6.70. The first-order valence-corrected chi connectivity index (χ1v) is 10.4. The molecule has 0 aromatic heterocycles. The Bertz CT molecular complexity index is 1080. The van der Waals surface area contributed by atoms with Gasteiger partial charge in [-0.3, -0.25) is 14.9 Å². The van der Waals surface area contributed by atoms with Gasteiger partial charge < -0.3 is 9.47 Å². The molecule has 9 nitrogen and oxygen atoms in total. The third kappa shape index (κ3) is 5.38. The summed E-state index contributed by atoms with van der Waals surface area (Å²) >= 11 is 0. The van der Waals surface area contributed by atoms with Gasteiger partial charge in [-0.2, -0.15) is 0 Å². The minimum atomic E-state index is -3.84. The molecule has 0 saturated heterocycles. The average molecular weight is 421 g/mol. The van der Waals surface area contributed by atoms with Crippen molar-refractivity contribution in [2.24, 2.45) is 0 Å². The number of hydrogen-bond donors (Lipinski definition) is 0. The van der Waals surface area contributed by atoms with Gasteiger partial charge in [-0.05, 0) is 44.2 Å². The maximum absolute atomic E-state index is 12.3. The van der Waals surface area contributed by atoms with E-state index in [-0.39, 0.29) is 18.0 Å².